The van der Waals surface area contributed by atoms with Gasteiger partial charge in [0, 0.05) is 43.2 Å². The predicted octanol–water partition coefficient (Wildman–Crippen LogP) is 1.68. The first-order chi connectivity index (χ1) is 9.29. The fourth-order valence-electron chi connectivity index (χ4n) is 2.62. The number of fused-ring (bicyclic) bond motifs is 1. The van der Waals surface area contributed by atoms with Crippen LogP contribution in [0.5, 0.6) is 0 Å². The van der Waals surface area contributed by atoms with Crippen LogP contribution in [0.2, 0.25) is 0 Å². The van der Waals surface area contributed by atoms with Crippen molar-refractivity contribution in [2.75, 3.05) is 18.5 Å². The van der Waals surface area contributed by atoms with Crippen LogP contribution in [0.1, 0.15) is 12.0 Å². The molecule has 1 aliphatic heterocycles. The first-order valence-electron chi connectivity index (χ1n) is 6.62. The lowest BCUT2D eigenvalue weighted by Crippen LogP contribution is -2.28. The third-order valence-corrected chi connectivity index (χ3v) is 3.67. The maximum atomic E-state index is 9.04. The topological polar surface area (TPSA) is 63.0 Å². The van der Waals surface area contributed by atoms with E-state index >= 15 is 0 Å². The van der Waals surface area contributed by atoms with Gasteiger partial charge in [0.25, 0.3) is 0 Å². The Morgan fingerprint density at radius 2 is 2.21 bits per heavy atom. The zero-order chi connectivity index (χ0) is 13.2. The molecule has 2 aromatic heterocycles. The lowest BCUT2D eigenvalue weighted by Gasteiger charge is -2.24. The largest absolute Gasteiger partial charge is 0.396 e. The molecule has 0 spiro atoms. The molecule has 3 rings (SSSR count). The number of aromatic nitrogens is 3. The van der Waals surface area contributed by atoms with E-state index < -0.39 is 0 Å². The second-order valence-corrected chi connectivity index (χ2v) is 5.00. The highest BCUT2D eigenvalue weighted by Crippen LogP contribution is 2.30. The number of aliphatic hydroxyl groups excluding tert-OH is 1. The first-order valence-corrected chi connectivity index (χ1v) is 6.62. The van der Waals surface area contributed by atoms with E-state index in [4.69, 9.17) is 10.2 Å². The lowest BCUT2D eigenvalue weighted by atomic mass is 10.0. The third-order valence-electron chi connectivity index (χ3n) is 3.67. The highest BCUT2D eigenvalue weighted by Gasteiger charge is 2.23. The van der Waals surface area contributed by atoms with Gasteiger partial charge in [0.2, 0.25) is 0 Å². The third kappa shape index (κ3) is 2.21. The van der Waals surface area contributed by atoms with Crippen molar-refractivity contribution in [1.82, 2.24) is 14.8 Å². The standard InChI is InChI=1S/C14H18N4O/c1-10-13(12-2-5-15-6-3-12)17-18-9-11(4-7-19)8-16-14(10)18/h2-3,5-6,11,16,19H,4,7-9H2,1H3. The molecule has 0 saturated heterocycles. The summed E-state index contributed by atoms with van der Waals surface area (Å²) in [7, 11) is 0. The van der Waals surface area contributed by atoms with E-state index in [1.54, 1.807) is 12.4 Å². The Morgan fingerprint density at radius 1 is 1.42 bits per heavy atom. The van der Waals surface area contributed by atoms with Gasteiger partial charge in [-0.15, -0.1) is 0 Å². The van der Waals surface area contributed by atoms with Crippen LogP contribution in [0.15, 0.2) is 24.5 Å². The van der Waals surface area contributed by atoms with Crippen LogP contribution >= 0.6 is 0 Å². The Bertz CT molecular complexity index is 564. The summed E-state index contributed by atoms with van der Waals surface area (Å²) in [6.07, 6.45) is 4.39. The van der Waals surface area contributed by atoms with Gasteiger partial charge in [0.15, 0.2) is 0 Å². The van der Waals surface area contributed by atoms with Gasteiger partial charge in [-0.3, -0.25) is 4.98 Å². The summed E-state index contributed by atoms with van der Waals surface area (Å²) in [6, 6.07) is 3.96. The molecule has 0 saturated carbocycles. The number of hydrogen-bond donors (Lipinski definition) is 2. The van der Waals surface area contributed by atoms with E-state index in [0.717, 1.165) is 36.6 Å². The van der Waals surface area contributed by atoms with Crippen LogP contribution < -0.4 is 5.32 Å². The second-order valence-electron chi connectivity index (χ2n) is 5.00. The van der Waals surface area contributed by atoms with Crippen LogP contribution in [0.25, 0.3) is 11.3 Å². The molecule has 3 heterocycles. The first kappa shape index (κ1) is 12.2. The van der Waals surface area contributed by atoms with Gasteiger partial charge in [-0.25, -0.2) is 4.68 Å². The quantitative estimate of drug-likeness (QED) is 0.879. The summed E-state index contributed by atoms with van der Waals surface area (Å²) in [4.78, 5) is 4.04. The molecule has 0 aromatic carbocycles. The Labute approximate surface area is 112 Å². The number of pyridine rings is 1. The van der Waals surface area contributed by atoms with Gasteiger partial charge in [-0.1, -0.05) is 0 Å². The number of rotatable bonds is 3. The SMILES string of the molecule is Cc1c(-c2ccncc2)nn2c1NCC(CCO)C2. The number of aliphatic hydroxyl groups is 1. The fraction of sp³-hybridized carbons (Fsp3) is 0.429. The molecule has 0 fully saturated rings. The molecular formula is C14H18N4O. The van der Waals surface area contributed by atoms with Crippen molar-refractivity contribution < 1.29 is 5.11 Å². The zero-order valence-corrected chi connectivity index (χ0v) is 11.0. The van der Waals surface area contributed by atoms with Crippen LogP contribution in [0, 0.1) is 12.8 Å². The van der Waals surface area contributed by atoms with Crippen molar-refractivity contribution in [2.24, 2.45) is 5.92 Å². The molecule has 0 radical (unpaired) electrons. The van der Waals surface area contributed by atoms with Gasteiger partial charge >= 0.3 is 0 Å². The molecule has 0 amide bonds. The summed E-state index contributed by atoms with van der Waals surface area (Å²) in [5.74, 6) is 1.54. The Kier molecular flexibility index (Phi) is 3.21. The summed E-state index contributed by atoms with van der Waals surface area (Å²) >= 11 is 0. The molecule has 19 heavy (non-hydrogen) atoms. The predicted molar refractivity (Wildman–Crippen MR) is 73.9 cm³/mol. The normalized spacial score (nSPS) is 17.9. The Balaban J connectivity index is 1.94. The average Bonchev–Trinajstić information content (AvgIpc) is 2.77. The molecule has 1 atom stereocenters. The van der Waals surface area contributed by atoms with Crippen LogP contribution in [-0.4, -0.2) is 33.0 Å². The molecule has 0 bridgehead atoms. The van der Waals surface area contributed by atoms with E-state index in [9.17, 15) is 0 Å². The smallest absolute Gasteiger partial charge is 0.127 e. The maximum Gasteiger partial charge on any atom is 0.127 e. The summed E-state index contributed by atoms with van der Waals surface area (Å²) in [6.45, 7) is 4.10. The van der Waals surface area contributed by atoms with E-state index in [1.165, 1.54) is 5.56 Å². The Morgan fingerprint density at radius 3 is 2.95 bits per heavy atom. The van der Waals surface area contributed by atoms with Crippen molar-refractivity contribution in [1.29, 1.82) is 0 Å². The van der Waals surface area contributed by atoms with Crippen molar-refractivity contribution in [3.05, 3.63) is 30.1 Å². The van der Waals surface area contributed by atoms with Gasteiger partial charge in [-0.2, -0.15) is 5.10 Å². The van der Waals surface area contributed by atoms with Gasteiger partial charge in [0.1, 0.15) is 5.82 Å². The minimum Gasteiger partial charge on any atom is -0.396 e. The molecule has 5 nitrogen and oxygen atoms in total. The molecular weight excluding hydrogens is 240 g/mol. The number of nitrogens with zero attached hydrogens (tertiary/aromatic N) is 3. The summed E-state index contributed by atoms with van der Waals surface area (Å²) in [5.41, 5.74) is 3.28. The van der Waals surface area contributed by atoms with Crippen LogP contribution in [-0.2, 0) is 6.54 Å². The molecule has 0 aliphatic carbocycles. The van der Waals surface area contributed by atoms with E-state index in [-0.39, 0.29) is 6.61 Å². The molecule has 2 aromatic rings. The van der Waals surface area contributed by atoms with Crippen molar-refractivity contribution in [2.45, 2.75) is 19.9 Å². The van der Waals surface area contributed by atoms with Crippen LogP contribution in [0.4, 0.5) is 5.82 Å². The highest BCUT2D eigenvalue weighted by molar-refractivity contribution is 5.68. The van der Waals surface area contributed by atoms with E-state index in [2.05, 4.69) is 17.2 Å². The monoisotopic (exact) mass is 258 g/mol. The minimum absolute atomic E-state index is 0.235. The van der Waals surface area contributed by atoms with E-state index in [0.29, 0.717) is 5.92 Å². The van der Waals surface area contributed by atoms with Crippen molar-refractivity contribution in [3.63, 3.8) is 0 Å². The zero-order valence-electron chi connectivity index (χ0n) is 11.0. The number of hydrogen-bond acceptors (Lipinski definition) is 4. The van der Waals surface area contributed by atoms with E-state index in [1.807, 2.05) is 16.8 Å². The van der Waals surface area contributed by atoms with Crippen LogP contribution in [0.3, 0.4) is 0 Å². The number of anilines is 1. The second kappa shape index (κ2) is 5.01. The minimum atomic E-state index is 0.235. The van der Waals surface area contributed by atoms with Crippen molar-refractivity contribution in [3.8, 4) is 11.3 Å². The molecule has 2 N–H and O–H groups in total. The van der Waals surface area contributed by atoms with Gasteiger partial charge < -0.3 is 10.4 Å². The fourth-order valence-corrected chi connectivity index (χ4v) is 2.62. The average molecular weight is 258 g/mol. The number of nitrogens with one attached hydrogen (secondary N) is 1. The Hall–Kier alpha value is -1.88. The lowest BCUT2D eigenvalue weighted by molar-refractivity contribution is 0.244. The molecule has 100 valence electrons. The molecule has 5 heteroatoms. The maximum absolute atomic E-state index is 9.04. The van der Waals surface area contributed by atoms with Gasteiger partial charge in [0.05, 0.1) is 5.69 Å². The van der Waals surface area contributed by atoms with Gasteiger partial charge in [-0.05, 0) is 31.4 Å². The van der Waals surface area contributed by atoms with Crippen molar-refractivity contribution >= 4 is 5.82 Å². The molecule has 1 unspecified atom stereocenters. The summed E-state index contributed by atoms with van der Waals surface area (Å²) in [5, 5.41) is 17.2. The summed E-state index contributed by atoms with van der Waals surface area (Å²) < 4.78 is 2.02. The molecule has 1 aliphatic rings. The highest BCUT2D eigenvalue weighted by atomic mass is 16.3.